The molecule has 0 aliphatic carbocycles. The molecule has 134 valence electrons. The van der Waals surface area contributed by atoms with Crippen LogP contribution in [0.2, 0.25) is 10.0 Å². The number of nitro groups is 1. The van der Waals surface area contributed by atoms with Crippen molar-refractivity contribution in [1.82, 2.24) is 4.98 Å². The molecule has 0 unspecified atom stereocenters. The number of benzene rings is 2. The molecule has 3 aromatic rings. The predicted molar refractivity (Wildman–Crippen MR) is 108 cm³/mol. The van der Waals surface area contributed by atoms with Gasteiger partial charge in [-0.2, -0.15) is 5.26 Å². The van der Waals surface area contributed by atoms with Gasteiger partial charge in [-0.05, 0) is 30.3 Å². The Kier molecular flexibility index (Phi) is 5.72. The fraction of sp³-hybridized carbons (Fsp3) is 0. The molecule has 27 heavy (non-hydrogen) atoms. The van der Waals surface area contributed by atoms with Crippen LogP contribution in [0.15, 0.2) is 54.0 Å². The van der Waals surface area contributed by atoms with Gasteiger partial charge in [0.15, 0.2) is 0 Å². The molecule has 0 radical (unpaired) electrons. The smallest absolute Gasteiger partial charge is 0.269 e. The van der Waals surface area contributed by atoms with Crippen molar-refractivity contribution in [3.63, 3.8) is 0 Å². The second-order valence-electron chi connectivity index (χ2n) is 5.28. The van der Waals surface area contributed by atoms with Gasteiger partial charge >= 0.3 is 0 Å². The largest absolute Gasteiger partial charge is 0.360 e. The van der Waals surface area contributed by atoms with E-state index in [0.29, 0.717) is 32.0 Å². The summed E-state index contributed by atoms with van der Waals surface area (Å²) in [7, 11) is 0. The van der Waals surface area contributed by atoms with Crippen LogP contribution in [0.25, 0.3) is 16.8 Å². The van der Waals surface area contributed by atoms with Crippen molar-refractivity contribution in [3.8, 4) is 17.3 Å². The highest BCUT2D eigenvalue weighted by molar-refractivity contribution is 7.11. The number of non-ortho nitro benzene ring substituents is 1. The van der Waals surface area contributed by atoms with Gasteiger partial charge in [0, 0.05) is 35.0 Å². The van der Waals surface area contributed by atoms with Crippen molar-refractivity contribution in [3.05, 3.63) is 79.2 Å². The quantitative estimate of drug-likeness (QED) is 0.312. The molecule has 0 bridgehead atoms. The third kappa shape index (κ3) is 4.44. The van der Waals surface area contributed by atoms with Crippen LogP contribution in [0.1, 0.15) is 5.01 Å². The van der Waals surface area contributed by atoms with Crippen molar-refractivity contribution < 1.29 is 4.92 Å². The molecule has 1 aromatic heterocycles. The summed E-state index contributed by atoms with van der Waals surface area (Å²) in [6.45, 7) is 0. The Morgan fingerprint density at radius 2 is 1.96 bits per heavy atom. The Hall–Kier alpha value is -2.92. The zero-order chi connectivity index (χ0) is 19.4. The Balaban J connectivity index is 1.81. The van der Waals surface area contributed by atoms with Gasteiger partial charge in [0.1, 0.15) is 16.6 Å². The molecular formula is C18H10Cl2N4O2S. The molecule has 0 saturated carbocycles. The minimum atomic E-state index is -0.457. The number of thiazole rings is 1. The summed E-state index contributed by atoms with van der Waals surface area (Å²) in [6.07, 6.45) is 1.54. The van der Waals surface area contributed by atoms with Crippen molar-refractivity contribution in [2.75, 3.05) is 5.32 Å². The molecule has 0 amide bonds. The summed E-state index contributed by atoms with van der Waals surface area (Å²) in [5.74, 6) is 0. The Morgan fingerprint density at radius 1 is 1.22 bits per heavy atom. The van der Waals surface area contributed by atoms with Crippen molar-refractivity contribution >= 4 is 51.5 Å². The van der Waals surface area contributed by atoms with Crippen LogP contribution in [0.5, 0.6) is 0 Å². The average Bonchev–Trinajstić information content (AvgIpc) is 3.15. The number of anilines is 1. The molecule has 0 fully saturated rings. The second kappa shape index (κ2) is 8.18. The van der Waals surface area contributed by atoms with Crippen LogP contribution >= 0.6 is 34.5 Å². The number of allylic oxidation sites excluding steroid dienone is 1. The number of nitro benzene ring substituents is 1. The van der Waals surface area contributed by atoms with E-state index in [-0.39, 0.29) is 5.69 Å². The molecule has 0 aliphatic heterocycles. The molecule has 9 heteroatoms. The number of hydrogen-bond donors (Lipinski definition) is 1. The third-order valence-electron chi connectivity index (χ3n) is 3.53. The maximum atomic E-state index is 10.7. The molecule has 0 atom stereocenters. The van der Waals surface area contributed by atoms with E-state index in [1.54, 1.807) is 35.7 Å². The molecule has 3 rings (SSSR count). The Bertz CT molecular complexity index is 1070. The van der Waals surface area contributed by atoms with Crippen LogP contribution in [0.4, 0.5) is 11.4 Å². The molecule has 0 saturated heterocycles. The van der Waals surface area contributed by atoms with Crippen LogP contribution < -0.4 is 5.32 Å². The van der Waals surface area contributed by atoms with Gasteiger partial charge < -0.3 is 5.32 Å². The number of nitriles is 1. The van der Waals surface area contributed by atoms with Gasteiger partial charge in [0.05, 0.1) is 20.7 Å². The number of hydrogen-bond acceptors (Lipinski definition) is 6. The first-order chi connectivity index (χ1) is 13.0. The Morgan fingerprint density at radius 3 is 2.59 bits per heavy atom. The van der Waals surface area contributed by atoms with Crippen molar-refractivity contribution in [2.45, 2.75) is 0 Å². The highest BCUT2D eigenvalue weighted by Gasteiger charge is 2.11. The highest BCUT2D eigenvalue weighted by Crippen LogP contribution is 2.28. The monoisotopic (exact) mass is 416 g/mol. The summed E-state index contributed by atoms with van der Waals surface area (Å²) >= 11 is 13.2. The van der Waals surface area contributed by atoms with E-state index < -0.39 is 4.92 Å². The SMILES string of the molecule is N#C/C(=C\Nc1ccc(Cl)c(Cl)c1)c1nc(-c2ccc([N+](=O)[O-])cc2)cs1. The number of aromatic nitrogens is 1. The molecule has 2 aromatic carbocycles. The number of nitrogens with zero attached hydrogens (tertiary/aromatic N) is 3. The minimum Gasteiger partial charge on any atom is -0.360 e. The first-order valence-corrected chi connectivity index (χ1v) is 9.14. The van der Waals surface area contributed by atoms with Gasteiger partial charge in [-0.1, -0.05) is 23.2 Å². The van der Waals surface area contributed by atoms with Crippen LogP contribution in [-0.4, -0.2) is 9.91 Å². The predicted octanol–water partition coefficient (Wildman–Crippen LogP) is 6.00. The zero-order valence-electron chi connectivity index (χ0n) is 13.5. The van der Waals surface area contributed by atoms with Gasteiger partial charge in [0.25, 0.3) is 5.69 Å². The maximum absolute atomic E-state index is 10.7. The van der Waals surface area contributed by atoms with Crippen LogP contribution in [0, 0.1) is 21.4 Å². The van der Waals surface area contributed by atoms with E-state index in [0.717, 1.165) is 5.56 Å². The summed E-state index contributed by atoms with van der Waals surface area (Å²) < 4.78 is 0. The molecular weight excluding hydrogens is 407 g/mol. The number of nitrogens with one attached hydrogen (secondary N) is 1. The first kappa shape index (κ1) is 18.9. The molecule has 1 heterocycles. The number of rotatable bonds is 5. The summed E-state index contributed by atoms with van der Waals surface area (Å²) in [4.78, 5) is 14.7. The lowest BCUT2D eigenvalue weighted by Crippen LogP contribution is -1.91. The first-order valence-electron chi connectivity index (χ1n) is 7.50. The van der Waals surface area contributed by atoms with Crippen LogP contribution in [0.3, 0.4) is 0 Å². The van der Waals surface area contributed by atoms with E-state index in [2.05, 4.69) is 16.4 Å². The van der Waals surface area contributed by atoms with Crippen molar-refractivity contribution in [2.24, 2.45) is 0 Å². The van der Waals surface area contributed by atoms with Gasteiger partial charge in [-0.15, -0.1) is 11.3 Å². The van der Waals surface area contributed by atoms with E-state index in [9.17, 15) is 15.4 Å². The third-order valence-corrected chi connectivity index (χ3v) is 5.15. The lowest BCUT2D eigenvalue weighted by molar-refractivity contribution is -0.384. The van der Waals surface area contributed by atoms with E-state index >= 15 is 0 Å². The summed E-state index contributed by atoms with van der Waals surface area (Å²) in [5.41, 5.74) is 2.42. The van der Waals surface area contributed by atoms with Crippen molar-refractivity contribution in [1.29, 1.82) is 5.26 Å². The van der Waals surface area contributed by atoms with Gasteiger partial charge in [-0.25, -0.2) is 4.98 Å². The normalized spacial score (nSPS) is 11.1. The minimum absolute atomic E-state index is 0.0117. The van der Waals surface area contributed by atoms with Crippen LogP contribution in [-0.2, 0) is 0 Å². The summed E-state index contributed by atoms with van der Waals surface area (Å²) in [6, 6.07) is 13.2. The average molecular weight is 417 g/mol. The van der Waals surface area contributed by atoms with E-state index in [1.165, 1.54) is 29.7 Å². The maximum Gasteiger partial charge on any atom is 0.269 e. The fourth-order valence-electron chi connectivity index (χ4n) is 2.17. The standard InChI is InChI=1S/C18H10Cl2N4O2S/c19-15-6-3-13(7-16(15)20)22-9-12(8-21)18-23-17(10-27-18)11-1-4-14(5-2-11)24(25)26/h1-7,9-10,22H/b12-9+. The highest BCUT2D eigenvalue weighted by atomic mass is 35.5. The molecule has 0 spiro atoms. The zero-order valence-corrected chi connectivity index (χ0v) is 15.8. The number of halogens is 2. The topological polar surface area (TPSA) is 91.8 Å². The fourth-order valence-corrected chi connectivity index (χ4v) is 3.26. The molecule has 0 aliphatic rings. The van der Waals surface area contributed by atoms with E-state index in [1.807, 2.05) is 0 Å². The van der Waals surface area contributed by atoms with Gasteiger partial charge in [-0.3, -0.25) is 10.1 Å². The Labute approximate surface area is 168 Å². The second-order valence-corrected chi connectivity index (χ2v) is 6.96. The summed E-state index contributed by atoms with van der Waals surface area (Å²) in [5, 5.41) is 26.3. The lowest BCUT2D eigenvalue weighted by atomic mass is 10.1. The van der Waals surface area contributed by atoms with E-state index in [4.69, 9.17) is 23.2 Å². The lowest BCUT2D eigenvalue weighted by Gasteiger charge is -2.03. The van der Waals surface area contributed by atoms with Gasteiger partial charge in [0.2, 0.25) is 0 Å². The molecule has 6 nitrogen and oxygen atoms in total. The molecule has 1 N–H and O–H groups in total.